The summed E-state index contributed by atoms with van der Waals surface area (Å²) < 4.78 is 46.5. The molecular weight excluding hydrogens is 337 g/mol. The van der Waals surface area contributed by atoms with Crippen LogP contribution >= 0.6 is 15.9 Å². The molecule has 1 unspecified atom stereocenters. The van der Waals surface area contributed by atoms with Crippen LogP contribution in [0.1, 0.15) is 29.8 Å². The summed E-state index contributed by atoms with van der Waals surface area (Å²) >= 11 is 3.36. The first-order chi connectivity index (χ1) is 9.16. The first-order valence-electron chi connectivity index (χ1n) is 6.27. The van der Waals surface area contributed by atoms with Gasteiger partial charge in [-0.1, -0.05) is 28.1 Å². The SMILES string of the molecule is CC1(C)Cc2cc(C(Br)COCC(F)(F)F)ccc2O1. The highest BCUT2D eigenvalue weighted by Crippen LogP contribution is 2.37. The molecule has 112 valence electrons. The van der Waals surface area contributed by atoms with E-state index in [2.05, 4.69) is 20.7 Å². The monoisotopic (exact) mass is 352 g/mol. The molecule has 1 aromatic rings. The van der Waals surface area contributed by atoms with Gasteiger partial charge in [0.05, 0.1) is 11.4 Å². The van der Waals surface area contributed by atoms with Gasteiger partial charge in [-0.15, -0.1) is 0 Å². The van der Waals surface area contributed by atoms with Gasteiger partial charge in [-0.25, -0.2) is 0 Å². The lowest BCUT2D eigenvalue weighted by Gasteiger charge is -2.16. The fraction of sp³-hybridized carbons (Fsp3) is 0.571. The van der Waals surface area contributed by atoms with Crippen molar-refractivity contribution >= 4 is 15.9 Å². The minimum Gasteiger partial charge on any atom is -0.487 e. The fourth-order valence-corrected chi connectivity index (χ4v) is 2.67. The van der Waals surface area contributed by atoms with Gasteiger partial charge in [0.15, 0.2) is 0 Å². The normalized spacial score (nSPS) is 18.5. The molecule has 0 N–H and O–H groups in total. The molecule has 1 aliphatic heterocycles. The Morgan fingerprint density at radius 2 is 2.10 bits per heavy atom. The van der Waals surface area contributed by atoms with E-state index in [0.717, 1.165) is 23.3 Å². The third-order valence-corrected chi connectivity index (χ3v) is 3.77. The number of alkyl halides is 4. The van der Waals surface area contributed by atoms with Crippen molar-refractivity contribution in [2.45, 2.75) is 36.9 Å². The molecule has 6 heteroatoms. The molecule has 0 saturated heterocycles. The van der Waals surface area contributed by atoms with E-state index in [1.54, 1.807) is 0 Å². The zero-order valence-corrected chi connectivity index (χ0v) is 12.8. The number of hydrogen-bond acceptors (Lipinski definition) is 2. The van der Waals surface area contributed by atoms with Crippen molar-refractivity contribution < 1.29 is 22.6 Å². The van der Waals surface area contributed by atoms with Gasteiger partial charge in [0.1, 0.15) is 18.0 Å². The summed E-state index contributed by atoms with van der Waals surface area (Å²) in [5, 5.41) is 0. The first kappa shape index (κ1) is 15.6. The first-order valence-corrected chi connectivity index (χ1v) is 7.18. The Morgan fingerprint density at radius 3 is 2.75 bits per heavy atom. The maximum atomic E-state index is 12.0. The molecule has 0 spiro atoms. The van der Waals surface area contributed by atoms with Crippen LogP contribution in [0.3, 0.4) is 0 Å². The minimum atomic E-state index is -4.29. The second-order valence-corrected chi connectivity index (χ2v) is 6.61. The van der Waals surface area contributed by atoms with E-state index in [1.807, 2.05) is 32.0 Å². The van der Waals surface area contributed by atoms with E-state index >= 15 is 0 Å². The van der Waals surface area contributed by atoms with Gasteiger partial charge in [-0.2, -0.15) is 13.2 Å². The molecule has 1 atom stereocenters. The van der Waals surface area contributed by atoms with Gasteiger partial charge >= 0.3 is 6.18 Å². The molecule has 20 heavy (non-hydrogen) atoms. The van der Waals surface area contributed by atoms with E-state index in [4.69, 9.17) is 4.74 Å². The Balaban J connectivity index is 1.97. The number of hydrogen-bond donors (Lipinski definition) is 0. The Bertz CT molecular complexity index is 486. The fourth-order valence-electron chi connectivity index (χ4n) is 2.20. The highest BCUT2D eigenvalue weighted by Gasteiger charge is 2.31. The molecule has 0 aliphatic carbocycles. The zero-order chi connectivity index (χ0) is 15.0. The number of fused-ring (bicyclic) bond motifs is 1. The van der Waals surface area contributed by atoms with E-state index in [0.29, 0.717) is 0 Å². The Kier molecular flexibility index (Phi) is 4.35. The largest absolute Gasteiger partial charge is 0.487 e. The van der Waals surface area contributed by atoms with Crippen LogP contribution in [0.4, 0.5) is 13.2 Å². The van der Waals surface area contributed by atoms with Gasteiger partial charge in [-0.05, 0) is 31.0 Å². The summed E-state index contributed by atoms with van der Waals surface area (Å²) in [6.45, 7) is 2.76. The molecule has 2 rings (SSSR count). The van der Waals surface area contributed by atoms with E-state index in [-0.39, 0.29) is 17.0 Å². The molecule has 2 nitrogen and oxygen atoms in total. The van der Waals surface area contributed by atoms with Crippen LogP contribution in [0.15, 0.2) is 18.2 Å². The average Bonchev–Trinajstić information content (AvgIpc) is 2.59. The highest BCUT2D eigenvalue weighted by molar-refractivity contribution is 9.09. The summed E-state index contributed by atoms with van der Waals surface area (Å²) in [6.07, 6.45) is -3.50. The van der Waals surface area contributed by atoms with Crippen LogP contribution in [-0.2, 0) is 11.2 Å². The predicted octanol–water partition coefficient (Wildman–Crippen LogP) is 4.42. The second-order valence-electron chi connectivity index (χ2n) is 5.50. The van der Waals surface area contributed by atoms with Crippen molar-refractivity contribution in [3.8, 4) is 5.75 Å². The van der Waals surface area contributed by atoms with Gasteiger partial charge < -0.3 is 9.47 Å². The van der Waals surface area contributed by atoms with Crippen LogP contribution in [0.25, 0.3) is 0 Å². The number of halogens is 4. The summed E-state index contributed by atoms with van der Waals surface area (Å²) in [5.74, 6) is 0.842. The van der Waals surface area contributed by atoms with Gasteiger partial charge in [0, 0.05) is 6.42 Å². The lowest BCUT2D eigenvalue weighted by Crippen LogP contribution is -2.24. The van der Waals surface area contributed by atoms with Crippen molar-refractivity contribution in [2.75, 3.05) is 13.2 Å². The van der Waals surface area contributed by atoms with Crippen molar-refractivity contribution in [3.05, 3.63) is 29.3 Å². The number of rotatable bonds is 4. The molecular formula is C14H16BrF3O2. The maximum Gasteiger partial charge on any atom is 0.411 e. The zero-order valence-electron chi connectivity index (χ0n) is 11.3. The Hall–Kier alpha value is -0.750. The van der Waals surface area contributed by atoms with E-state index < -0.39 is 12.8 Å². The molecule has 0 aromatic heterocycles. The molecule has 1 aliphatic rings. The van der Waals surface area contributed by atoms with Crippen LogP contribution in [0.5, 0.6) is 5.75 Å². The smallest absolute Gasteiger partial charge is 0.411 e. The van der Waals surface area contributed by atoms with Crippen molar-refractivity contribution in [3.63, 3.8) is 0 Å². The van der Waals surface area contributed by atoms with Crippen LogP contribution in [-0.4, -0.2) is 25.0 Å². The van der Waals surface area contributed by atoms with Crippen LogP contribution in [0.2, 0.25) is 0 Å². The molecule has 0 amide bonds. The van der Waals surface area contributed by atoms with Gasteiger partial charge in [0.25, 0.3) is 0 Å². The second kappa shape index (κ2) is 5.56. The lowest BCUT2D eigenvalue weighted by atomic mass is 9.99. The maximum absolute atomic E-state index is 12.0. The predicted molar refractivity (Wildman–Crippen MR) is 73.4 cm³/mol. The summed E-state index contributed by atoms with van der Waals surface area (Å²) in [7, 11) is 0. The van der Waals surface area contributed by atoms with Crippen LogP contribution in [0, 0.1) is 0 Å². The Morgan fingerprint density at radius 1 is 1.40 bits per heavy atom. The van der Waals surface area contributed by atoms with E-state index in [9.17, 15) is 13.2 Å². The number of benzene rings is 1. The van der Waals surface area contributed by atoms with Crippen molar-refractivity contribution in [2.24, 2.45) is 0 Å². The molecule has 0 radical (unpaired) electrons. The molecule has 1 aromatic carbocycles. The molecule has 0 fully saturated rings. The third kappa shape index (κ3) is 4.12. The van der Waals surface area contributed by atoms with Crippen LogP contribution < -0.4 is 4.74 Å². The Labute approximate surface area is 124 Å². The van der Waals surface area contributed by atoms with Crippen molar-refractivity contribution in [1.82, 2.24) is 0 Å². The molecule has 0 bridgehead atoms. The topological polar surface area (TPSA) is 18.5 Å². The summed E-state index contributed by atoms with van der Waals surface area (Å²) in [5.41, 5.74) is 1.75. The quantitative estimate of drug-likeness (QED) is 0.747. The third-order valence-electron chi connectivity index (χ3n) is 2.98. The average molecular weight is 353 g/mol. The lowest BCUT2D eigenvalue weighted by molar-refractivity contribution is -0.173. The minimum absolute atomic E-state index is 0.0253. The molecule has 1 heterocycles. The highest BCUT2D eigenvalue weighted by atomic mass is 79.9. The van der Waals surface area contributed by atoms with Gasteiger partial charge in [0.2, 0.25) is 0 Å². The van der Waals surface area contributed by atoms with Gasteiger partial charge in [-0.3, -0.25) is 0 Å². The summed E-state index contributed by atoms with van der Waals surface area (Å²) in [6, 6.07) is 5.66. The van der Waals surface area contributed by atoms with E-state index in [1.165, 1.54) is 0 Å². The number of ether oxygens (including phenoxy) is 2. The molecule has 0 saturated carbocycles. The van der Waals surface area contributed by atoms with Crippen molar-refractivity contribution in [1.29, 1.82) is 0 Å². The summed E-state index contributed by atoms with van der Waals surface area (Å²) in [4.78, 5) is -0.265. The standard InChI is InChI=1S/C14H16BrF3O2/c1-13(2)6-10-5-9(3-4-12(10)20-13)11(15)7-19-8-14(16,17)18/h3-5,11H,6-8H2,1-2H3.